The van der Waals surface area contributed by atoms with Crippen molar-refractivity contribution in [1.82, 2.24) is 5.32 Å². The van der Waals surface area contributed by atoms with Crippen LogP contribution in [0.25, 0.3) is 0 Å². The highest BCUT2D eigenvalue weighted by Gasteiger charge is 2.34. The van der Waals surface area contributed by atoms with E-state index in [0.717, 1.165) is 17.7 Å². The normalized spacial score (nSPS) is 11.1. The summed E-state index contributed by atoms with van der Waals surface area (Å²) in [5.74, 6) is -0.124. The van der Waals surface area contributed by atoms with Crippen molar-refractivity contribution in [2.45, 2.75) is 13.1 Å². The summed E-state index contributed by atoms with van der Waals surface area (Å²) in [6.07, 6.45) is -4.56. The highest BCUT2D eigenvalue weighted by molar-refractivity contribution is 5.95. The number of nitrogens with one attached hydrogen (secondary N) is 1. The van der Waals surface area contributed by atoms with Gasteiger partial charge >= 0.3 is 6.18 Å². The fourth-order valence-electron chi connectivity index (χ4n) is 2.06. The standard InChI is InChI=1S/C17H16F3NO2/c1-12-5-4-6-13(11-12)23-10-9-21-16(22)14-7-2-3-8-15(14)17(18,19)20/h2-8,11H,9-10H2,1H3,(H,21,22). The van der Waals surface area contributed by atoms with Crippen LogP contribution in [0.4, 0.5) is 13.2 Å². The minimum atomic E-state index is -4.56. The van der Waals surface area contributed by atoms with Crippen molar-refractivity contribution in [3.05, 3.63) is 65.2 Å². The third-order valence-corrected chi connectivity index (χ3v) is 3.12. The van der Waals surface area contributed by atoms with Gasteiger partial charge in [0.1, 0.15) is 12.4 Å². The average Bonchev–Trinajstić information content (AvgIpc) is 2.50. The van der Waals surface area contributed by atoms with Gasteiger partial charge in [0.05, 0.1) is 17.7 Å². The molecule has 122 valence electrons. The number of hydrogen-bond donors (Lipinski definition) is 1. The van der Waals surface area contributed by atoms with E-state index in [2.05, 4.69) is 5.32 Å². The molecule has 0 unspecified atom stereocenters. The molecule has 0 aromatic heterocycles. The van der Waals surface area contributed by atoms with E-state index < -0.39 is 23.2 Å². The number of alkyl halides is 3. The third-order valence-electron chi connectivity index (χ3n) is 3.12. The molecule has 0 fully saturated rings. The van der Waals surface area contributed by atoms with Crippen LogP contribution in [0.5, 0.6) is 5.75 Å². The lowest BCUT2D eigenvalue weighted by molar-refractivity contribution is -0.137. The molecule has 0 atom stereocenters. The zero-order chi connectivity index (χ0) is 16.9. The van der Waals surface area contributed by atoms with Gasteiger partial charge in [0.25, 0.3) is 5.91 Å². The number of ether oxygens (including phenoxy) is 1. The monoisotopic (exact) mass is 323 g/mol. The first-order valence-corrected chi connectivity index (χ1v) is 7.02. The van der Waals surface area contributed by atoms with E-state index in [1.807, 2.05) is 25.1 Å². The van der Waals surface area contributed by atoms with Crippen LogP contribution in [0, 0.1) is 6.92 Å². The van der Waals surface area contributed by atoms with Gasteiger partial charge in [0, 0.05) is 0 Å². The second-order valence-electron chi connectivity index (χ2n) is 4.96. The molecule has 0 spiro atoms. The number of aryl methyl sites for hydroxylation is 1. The van der Waals surface area contributed by atoms with Crippen LogP contribution < -0.4 is 10.1 Å². The second-order valence-corrected chi connectivity index (χ2v) is 4.96. The van der Waals surface area contributed by atoms with Crippen molar-refractivity contribution in [2.75, 3.05) is 13.2 Å². The number of carbonyl (C=O) groups is 1. The average molecular weight is 323 g/mol. The SMILES string of the molecule is Cc1cccc(OCCNC(=O)c2ccccc2C(F)(F)F)c1. The Balaban J connectivity index is 1.91. The van der Waals surface area contributed by atoms with Gasteiger partial charge in [-0.25, -0.2) is 0 Å². The Labute approximate surface area is 132 Å². The van der Waals surface area contributed by atoms with Crippen LogP contribution in [-0.2, 0) is 6.18 Å². The molecule has 0 saturated carbocycles. The minimum absolute atomic E-state index is 0.110. The van der Waals surface area contributed by atoms with Crippen molar-refractivity contribution in [1.29, 1.82) is 0 Å². The molecule has 6 heteroatoms. The van der Waals surface area contributed by atoms with Crippen LogP contribution in [0.1, 0.15) is 21.5 Å². The fourth-order valence-corrected chi connectivity index (χ4v) is 2.06. The number of rotatable bonds is 5. The van der Waals surface area contributed by atoms with Crippen LogP contribution in [0.15, 0.2) is 48.5 Å². The van der Waals surface area contributed by atoms with Crippen LogP contribution in [-0.4, -0.2) is 19.1 Å². The molecule has 2 aromatic rings. The highest BCUT2D eigenvalue weighted by Crippen LogP contribution is 2.31. The Bertz CT molecular complexity index is 684. The van der Waals surface area contributed by atoms with E-state index in [1.54, 1.807) is 6.07 Å². The van der Waals surface area contributed by atoms with E-state index in [1.165, 1.54) is 12.1 Å². The molecule has 1 amide bonds. The van der Waals surface area contributed by atoms with Gasteiger partial charge in [-0.3, -0.25) is 4.79 Å². The molecule has 0 aliphatic heterocycles. The quantitative estimate of drug-likeness (QED) is 0.850. The predicted octanol–water partition coefficient (Wildman–Crippen LogP) is 3.82. The second kappa shape index (κ2) is 7.17. The fraction of sp³-hybridized carbons (Fsp3) is 0.235. The molecule has 0 heterocycles. The molecule has 0 aliphatic rings. The topological polar surface area (TPSA) is 38.3 Å². The van der Waals surface area contributed by atoms with E-state index in [9.17, 15) is 18.0 Å². The van der Waals surface area contributed by atoms with E-state index in [4.69, 9.17) is 4.74 Å². The Morgan fingerprint density at radius 2 is 1.87 bits per heavy atom. The van der Waals surface area contributed by atoms with E-state index in [0.29, 0.717) is 5.75 Å². The summed E-state index contributed by atoms with van der Waals surface area (Å²) < 4.78 is 44.0. The van der Waals surface area contributed by atoms with Crippen LogP contribution in [0.2, 0.25) is 0 Å². The zero-order valence-corrected chi connectivity index (χ0v) is 12.5. The highest BCUT2D eigenvalue weighted by atomic mass is 19.4. The molecular weight excluding hydrogens is 307 g/mol. The van der Waals surface area contributed by atoms with Gasteiger partial charge in [0.15, 0.2) is 0 Å². The van der Waals surface area contributed by atoms with Crippen molar-refractivity contribution in [2.24, 2.45) is 0 Å². The van der Waals surface area contributed by atoms with Crippen molar-refractivity contribution in [3.63, 3.8) is 0 Å². The minimum Gasteiger partial charge on any atom is -0.492 e. The lowest BCUT2D eigenvalue weighted by Crippen LogP contribution is -2.30. The number of benzene rings is 2. The first-order chi connectivity index (χ1) is 10.9. The van der Waals surface area contributed by atoms with Crippen molar-refractivity contribution < 1.29 is 22.7 Å². The van der Waals surface area contributed by atoms with Gasteiger partial charge in [-0.05, 0) is 36.8 Å². The molecule has 3 nitrogen and oxygen atoms in total. The van der Waals surface area contributed by atoms with Crippen molar-refractivity contribution in [3.8, 4) is 5.75 Å². The third kappa shape index (κ3) is 4.74. The molecular formula is C17H16F3NO2. The number of carbonyl (C=O) groups excluding carboxylic acids is 1. The Hall–Kier alpha value is -2.50. The number of halogens is 3. The van der Waals surface area contributed by atoms with Crippen LogP contribution in [0.3, 0.4) is 0 Å². The molecule has 23 heavy (non-hydrogen) atoms. The van der Waals surface area contributed by atoms with E-state index >= 15 is 0 Å². The summed E-state index contributed by atoms with van der Waals surface area (Å²) in [5, 5.41) is 2.43. The summed E-state index contributed by atoms with van der Waals surface area (Å²) in [5.41, 5.74) is -0.307. The summed E-state index contributed by atoms with van der Waals surface area (Å²) in [4.78, 5) is 11.9. The molecule has 2 rings (SSSR count). The number of hydrogen-bond acceptors (Lipinski definition) is 2. The molecule has 0 saturated heterocycles. The Morgan fingerprint density at radius 3 is 2.57 bits per heavy atom. The largest absolute Gasteiger partial charge is 0.492 e. The maximum absolute atomic E-state index is 12.9. The van der Waals surface area contributed by atoms with Crippen molar-refractivity contribution >= 4 is 5.91 Å². The molecule has 1 N–H and O–H groups in total. The lowest BCUT2D eigenvalue weighted by Gasteiger charge is -2.13. The summed E-state index contributed by atoms with van der Waals surface area (Å²) in [6.45, 7) is 2.20. The van der Waals surface area contributed by atoms with Gasteiger partial charge in [-0.15, -0.1) is 0 Å². The smallest absolute Gasteiger partial charge is 0.417 e. The first-order valence-electron chi connectivity index (χ1n) is 7.02. The van der Waals surface area contributed by atoms with Gasteiger partial charge < -0.3 is 10.1 Å². The molecule has 0 aliphatic carbocycles. The molecule has 2 aromatic carbocycles. The predicted molar refractivity (Wildman–Crippen MR) is 80.5 cm³/mol. The van der Waals surface area contributed by atoms with Gasteiger partial charge in [-0.2, -0.15) is 13.2 Å². The number of amides is 1. The molecule has 0 radical (unpaired) electrons. The maximum atomic E-state index is 12.9. The maximum Gasteiger partial charge on any atom is 0.417 e. The van der Waals surface area contributed by atoms with Crippen LogP contribution >= 0.6 is 0 Å². The van der Waals surface area contributed by atoms with E-state index in [-0.39, 0.29) is 13.2 Å². The summed E-state index contributed by atoms with van der Waals surface area (Å²) in [7, 11) is 0. The Kier molecular flexibility index (Phi) is 5.26. The lowest BCUT2D eigenvalue weighted by atomic mass is 10.1. The zero-order valence-electron chi connectivity index (χ0n) is 12.5. The summed E-state index contributed by atoms with van der Waals surface area (Å²) in [6, 6.07) is 12.0. The molecule has 0 bridgehead atoms. The van der Waals surface area contributed by atoms with Gasteiger partial charge in [0.2, 0.25) is 0 Å². The van der Waals surface area contributed by atoms with Gasteiger partial charge in [-0.1, -0.05) is 24.3 Å². The first kappa shape index (κ1) is 16.9. The summed E-state index contributed by atoms with van der Waals surface area (Å²) >= 11 is 0. The Morgan fingerprint density at radius 1 is 1.13 bits per heavy atom.